The standard InChI is InChI=1S/C34H67N2O9.3HI.Pd/c1-3-4-5-6-7-8-9-10-11-12-13-35-14-15-36(34-35)16-17-38-20-21-40-24-25-42-28-29-44-32-33-45-31-30-43-27-26-41-23-22-39-19-18-37-2;;;;/h14-15,34H,3-13,16-33H2,1-2H3;3*1H;/p-3. The minimum Gasteiger partial charge on any atom is -1.00 e. The Balaban J connectivity index is -0.00000253. The molecule has 49 heavy (non-hydrogen) atoms. The first kappa shape index (κ1) is 57.6. The molecule has 0 aromatic rings. The van der Waals surface area contributed by atoms with E-state index in [1.165, 1.54) is 64.2 Å². The molecule has 1 aliphatic heterocycles. The van der Waals surface area contributed by atoms with Crippen molar-refractivity contribution in [2.75, 3.05) is 133 Å². The molecule has 1 radical (unpaired) electrons. The molecule has 301 valence electrons. The first-order chi connectivity index (χ1) is 22.4. The predicted molar refractivity (Wildman–Crippen MR) is 177 cm³/mol. The van der Waals surface area contributed by atoms with Gasteiger partial charge in [0.1, 0.15) is 6.67 Å². The normalized spacial score (nSPS) is 12.0. The fraction of sp³-hybridized carbons (Fsp3) is 0.912. The number of methoxy groups -OCH3 is 1. The van der Waals surface area contributed by atoms with Crippen LogP contribution in [0, 0.1) is 6.67 Å². The van der Waals surface area contributed by atoms with Crippen LogP contribution in [0.2, 0.25) is 0 Å². The third-order valence-electron chi connectivity index (χ3n) is 7.05. The van der Waals surface area contributed by atoms with Crippen LogP contribution in [0.5, 0.6) is 0 Å². The molecule has 0 fully saturated rings. The second-order valence-electron chi connectivity index (χ2n) is 11.0. The van der Waals surface area contributed by atoms with E-state index < -0.39 is 0 Å². The molecule has 0 N–H and O–H groups in total. The van der Waals surface area contributed by atoms with Crippen molar-refractivity contribution in [2.45, 2.75) is 71.1 Å². The SMILES string of the molecule is CCCCCCCCCCCCN1[CH]N(CCOCCOCCOCCOCCOCCOCCOCCOCCOC)C=C1.[I-].[I-].[I-].[Pd]. The van der Waals surface area contributed by atoms with E-state index in [-0.39, 0.29) is 92.4 Å². The molecule has 0 aromatic heterocycles. The van der Waals surface area contributed by atoms with Gasteiger partial charge in [-0.15, -0.1) is 0 Å². The third-order valence-corrected chi connectivity index (χ3v) is 7.05. The zero-order valence-corrected chi connectivity index (χ0v) is 38.3. The van der Waals surface area contributed by atoms with Crippen LogP contribution in [-0.2, 0) is 63.1 Å². The van der Waals surface area contributed by atoms with Gasteiger partial charge in [0.05, 0.1) is 112 Å². The van der Waals surface area contributed by atoms with Gasteiger partial charge in [0.2, 0.25) is 0 Å². The summed E-state index contributed by atoms with van der Waals surface area (Å²) < 4.78 is 48.9. The molecule has 1 heterocycles. The van der Waals surface area contributed by atoms with E-state index in [9.17, 15) is 0 Å². The van der Waals surface area contributed by atoms with Gasteiger partial charge in [-0.2, -0.15) is 0 Å². The number of halogens is 3. The molecule has 0 spiro atoms. The number of rotatable bonds is 38. The fourth-order valence-electron chi connectivity index (χ4n) is 4.44. The van der Waals surface area contributed by atoms with Gasteiger partial charge in [0, 0.05) is 53.0 Å². The molecule has 0 aliphatic carbocycles. The molecule has 1 rings (SSSR count). The quantitative estimate of drug-likeness (QED) is 0.0344. The molecular weight excluding hydrogens is 1070 g/mol. The summed E-state index contributed by atoms with van der Waals surface area (Å²) in [5.41, 5.74) is 0. The largest absolute Gasteiger partial charge is 1.00 e. The molecule has 0 unspecified atom stereocenters. The summed E-state index contributed by atoms with van der Waals surface area (Å²) in [6.07, 6.45) is 18.0. The molecule has 0 amide bonds. The van der Waals surface area contributed by atoms with Gasteiger partial charge in [0.15, 0.2) is 0 Å². The van der Waals surface area contributed by atoms with Crippen LogP contribution in [0.15, 0.2) is 12.4 Å². The zero-order chi connectivity index (χ0) is 32.1. The second kappa shape index (κ2) is 49.8. The maximum atomic E-state index is 5.71. The molecular formula is C34H67I3N2O9Pd-3. The van der Waals surface area contributed by atoms with Crippen LogP contribution in [0.3, 0.4) is 0 Å². The second-order valence-corrected chi connectivity index (χ2v) is 11.0. The van der Waals surface area contributed by atoms with Crippen molar-refractivity contribution in [3.63, 3.8) is 0 Å². The maximum Gasteiger partial charge on any atom is 0.141 e. The van der Waals surface area contributed by atoms with E-state index in [1.54, 1.807) is 7.11 Å². The van der Waals surface area contributed by atoms with E-state index >= 15 is 0 Å². The van der Waals surface area contributed by atoms with Crippen LogP contribution in [0.1, 0.15) is 71.1 Å². The Labute approximate surface area is 364 Å². The Morgan fingerprint density at radius 1 is 0.367 bits per heavy atom. The maximum absolute atomic E-state index is 5.71. The van der Waals surface area contributed by atoms with Crippen molar-refractivity contribution in [1.82, 2.24) is 9.80 Å². The molecule has 0 aromatic carbocycles. The van der Waals surface area contributed by atoms with Crippen molar-refractivity contribution in [2.24, 2.45) is 0 Å². The summed E-state index contributed by atoms with van der Waals surface area (Å²) in [5, 5.41) is 0. The summed E-state index contributed by atoms with van der Waals surface area (Å²) in [6.45, 7) is 16.0. The Kier molecular flexibility index (Phi) is 58.5. The monoisotopic (exact) mass is 1130 g/mol. The van der Waals surface area contributed by atoms with Crippen LogP contribution in [0.25, 0.3) is 0 Å². The van der Waals surface area contributed by atoms with Crippen LogP contribution < -0.4 is 71.9 Å². The summed E-state index contributed by atoms with van der Waals surface area (Å²) in [7, 11) is 1.65. The van der Waals surface area contributed by atoms with Gasteiger partial charge in [-0.05, 0) is 6.42 Å². The van der Waals surface area contributed by atoms with E-state index in [1.807, 2.05) is 0 Å². The van der Waals surface area contributed by atoms with Crippen molar-refractivity contribution in [3.8, 4) is 0 Å². The molecule has 11 nitrogen and oxygen atoms in total. The number of hydrogen-bond donors (Lipinski definition) is 0. The van der Waals surface area contributed by atoms with E-state index in [2.05, 4.69) is 35.8 Å². The van der Waals surface area contributed by atoms with Crippen LogP contribution in [0.4, 0.5) is 0 Å². The minimum atomic E-state index is 0. The van der Waals surface area contributed by atoms with Gasteiger partial charge in [-0.3, -0.25) is 0 Å². The van der Waals surface area contributed by atoms with Crippen LogP contribution in [-0.4, -0.2) is 142 Å². The molecule has 0 bridgehead atoms. The average molecular weight is 1140 g/mol. The van der Waals surface area contributed by atoms with Gasteiger partial charge in [-0.25, -0.2) is 0 Å². The van der Waals surface area contributed by atoms with Crippen molar-refractivity contribution < 1.29 is 135 Å². The molecule has 1 aliphatic rings. The average Bonchev–Trinajstić information content (AvgIpc) is 3.51. The summed E-state index contributed by atoms with van der Waals surface area (Å²) in [6, 6.07) is 0. The topological polar surface area (TPSA) is 89.6 Å². The number of hydrogen-bond acceptors (Lipinski definition) is 11. The first-order valence-electron chi connectivity index (χ1n) is 17.5. The zero-order valence-electron chi connectivity index (χ0n) is 30.3. The Morgan fingerprint density at radius 3 is 1.00 bits per heavy atom. The van der Waals surface area contributed by atoms with Crippen molar-refractivity contribution >= 4 is 0 Å². The molecule has 0 saturated carbocycles. The Bertz CT molecular complexity index is 627. The predicted octanol–water partition coefficient (Wildman–Crippen LogP) is -4.10. The van der Waals surface area contributed by atoms with E-state index in [0.29, 0.717) is 112 Å². The first-order valence-corrected chi connectivity index (χ1v) is 17.5. The van der Waals surface area contributed by atoms with E-state index in [4.69, 9.17) is 42.6 Å². The van der Waals surface area contributed by atoms with Crippen molar-refractivity contribution in [1.29, 1.82) is 0 Å². The third kappa shape index (κ3) is 44.1. The minimum absolute atomic E-state index is 0. The number of ether oxygens (including phenoxy) is 9. The fourth-order valence-corrected chi connectivity index (χ4v) is 4.44. The Hall–Kier alpha value is 1.83. The van der Waals surface area contributed by atoms with Crippen molar-refractivity contribution in [3.05, 3.63) is 19.1 Å². The van der Waals surface area contributed by atoms with E-state index in [0.717, 1.165) is 13.1 Å². The molecule has 15 heteroatoms. The van der Waals surface area contributed by atoms with Gasteiger partial charge >= 0.3 is 0 Å². The smallest absolute Gasteiger partial charge is 0.141 e. The Morgan fingerprint density at radius 2 is 0.653 bits per heavy atom. The van der Waals surface area contributed by atoms with Gasteiger partial charge in [-0.1, -0.05) is 64.7 Å². The summed E-state index contributed by atoms with van der Waals surface area (Å²) >= 11 is 0. The van der Waals surface area contributed by atoms with Gasteiger partial charge in [0.25, 0.3) is 0 Å². The molecule has 0 atom stereocenters. The number of nitrogens with zero attached hydrogens (tertiary/aromatic N) is 2. The number of unbranched alkanes of at least 4 members (excludes halogenated alkanes) is 9. The summed E-state index contributed by atoms with van der Waals surface area (Å²) in [5.74, 6) is 0. The van der Waals surface area contributed by atoms with Gasteiger partial charge < -0.3 is 124 Å². The van der Waals surface area contributed by atoms with Crippen LogP contribution >= 0.6 is 0 Å². The molecule has 0 saturated heterocycles. The summed E-state index contributed by atoms with van der Waals surface area (Å²) in [4.78, 5) is 4.48.